The minimum atomic E-state index is -0.262. The van der Waals surface area contributed by atoms with E-state index in [1.54, 1.807) is 7.11 Å². The third-order valence-electron chi connectivity index (χ3n) is 3.22. The smallest absolute Gasteiger partial charge is 0.117 e. The monoisotopic (exact) mass is 214 g/mol. The van der Waals surface area contributed by atoms with Crippen LogP contribution in [-0.2, 0) is 9.47 Å². The van der Waals surface area contributed by atoms with Gasteiger partial charge in [-0.25, -0.2) is 0 Å². The molecule has 1 aliphatic rings. The molecule has 0 unspecified atom stereocenters. The van der Waals surface area contributed by atoms with Crippen LogP contribution >= 0.6 is 0 Å². The van der Waals surface area contributed by atoms with E-state index >= 15 is 0 Å². The summed E-state index contributed by atoms with van der Waals surface area (Å²) in [5.74, 6) is 0.353. The second-order valence-corrected chi connectivity index (χ2v) is 4.86. The van der Waals surface area contributed by atoms with Crippen molar-refractivity contribution in [3.8, 4) is 0 Å². The van der Waals surface area contributed by atoms with Crippen LogP contribution in [0.5, 0.6) is 0 Å². The molecule has 0 saturated carbocycles. The number of aliphatic hydroxyl groups excluding tert-OH is 1. The highest BCUT2D eigenvalue weighted by Gasteiger charge is 2.48. The minimum Gasteiger partial charge on any atom is -0.393 e. The number of hydrogen-bond donors (Lipinski definition) is 1. The average molecular weight is 214 g/mol. The van der Waals surface area contributed by atoms with E-state index in [1.807, 2.05) is 13.8 Å². The molecule has 1 heterocycles. The Bertz CT molecular complexity index is 229. The van der Waals surface area contributed by atoms with Crippen molar-refractivity contribution in [2.45, 2.75) is 38.4 Å². The normalized spacial score (nSPS) is 28.3. The first-order valence-corrected chi connectivity index (χ1v) is 5.43. The van der Waals surface area contributed by atoms with Gasteiger partial charge in [0.2, 0.25) is 0 Å². The van der Waals surface area contributed by atoms with Crippen molar-refractivity contribution in [3.05, 3.63) is 12.2 Å². The molecule has 3 nitrogen and oxygen atoms in total. The zero-order chi connectivity index (χ0) is 11.5. The van der Waals surface area contributed by atoms with Crippen LogP contribution in [0.3, 0.4) is 0 Å². The largest absolute Gasteiger partial charge is 0.393 e. The molecule has 0 aromatic rings. The Hall–Kier alpha value is -0.380. The summed E-state index contributed by atoms with van der Waals surface area (Å²) in [5, 5.41) is 9.16. The first kappa shape index (κ1) is 12.7. The summed E-state index contributed by atoms with van der Waals surface area (Å²) in [6.45, 7) is 6.95. The van der Waals surface area contributed by atoms with E-state index in [0.717, 1.165) is 6.42 Å². The van der Waals surface area contributed by atoms with Gasteiger partial charge in [-0.2, -0.15) is 0 Å². The first-order valence-electron chi connectivity index (χ1n) is 5.43. The Labute approximate surface area is 92.1 Å². The van der Waals surface area contributed by atoms with Crippen molar-refractivity contribution >= 4 is 0 Å². The van der Waals surface area contributed by atoms with E-state index in [2.05, 4.69) is 19.1 Å². The Balaban J connectivity index is 2.37. The number of hydrogen-bond acceptors (Lipinski definition) is 3. The molecular weight excluding hydrogens is 192 g/mol. The number of rotatable bonds is 6. The lowest BCUT2D eigenvalue weighted by Crippen LogP contribution is -2.26. The van der Waals surface area contributed by atoms with E-state index in [9.17, 15) is 0 Å². The molecule has 0 spiro atoms. The summed E-state index contributed by atoms with van der Waals surface area (Å²) in [5.41, 5.74) is -0.474. The van der Waals surface area contributed by atoms with Crippen molar-refractivity contribution in [1.29, 1.82) is 0 Å². The molecule has 0 amide bonds. The fourth-order valence-electron chi connectivity index (χ4n) is 1.46. The number of epoxide rings is 1. The summed E-state index contributed by atoms with van der Waals surface area (Å²) < 4.78 is 10.6. The second kappa shape index (κ2) is 4.64. The van der Waals surface area contributed by atoms with Gasteiger partial charge >= 0.3 is 0 Å². The maximum atomic E-state index is 9.16. The van der Waals surface area contributed by atoms with Crippen LogP contribution in [0.2, 0.25) is 0 Å². The molecule has 0 radical (unpaired) electrons. The highest BCUT2D eigenvalue weighted by molar-refractivity contribution is 5.02. The molecule has 1 fully saturated rings. The van der Waals surface area contributed by atoms with Crippen LogP contribution in [0.4, 0.5) is 0 Å². The van der Waals surface area contributed by atoms with Crippen LogP contribution in [0, 0.1) is 5.92 Å². The van der Waals surface area contributed by atoms with Crippen molar-refractivity contribution in [2.24, 2.45) is 5.92 Å². The number of allylic oxidation sites excluding steroid dienone is 1. The number of aliphatic hydroxyl groups is 1. The molecule has 1 N–H and O–H groups in total. The Morgan fingerprint density at radius 3 is 2.60 bits per heavy atom. The third-order valence-corrected chi connectivity index (χ3v) is 3.22. The molecule has 1 rings (SSSR count). The lowest BCUT2D eigenvalue weighted by molar-refractivity contribution is 0.0650. The first-order chi connectivity index (χ1) is 6.96. The summed E-state index contributed by atoms with van der Waals surface area (Å²) in [6.07, 6.45) is 5.07. The van der Waals surface area contributed by atoms with Gasteiger partial charge in [0, 0.05) is 7.11 Å². The van der Waals surface area contributed by atoms with Gasteiger partial charge in [0.1, 0.15) is 5.60 Å². The van der Waals surface area contributed by atoms with Gasteiger partial charge in [-0.1, -0.05) is 19.1 Å². The number of ether oxygens (including phenoxy) is 2. The zero-order valence-corrected chi connectivity index (χ0v) is 10.1. The van der Waals surface area contributed by atoms with Gasteiger partial charge in [-0.3, -0.25) is 0 Å². The van der Waals surface area contributed by atoms with Gasteiger partial charge in [0.15, 0.2) is 0 Å². The quantitative estimate of drug-likeness (QED) is 0.541. The van der Waals surface area contributed by atoms with Crippen LogP contribution in [0.25, 0.3) is 0 Å². The van der Waals surface area contributed by atoms with Crippen molar-refractivity contribution < 1.29 is 14.6 Å². The molecule has 2 atom stereocenters. The fourth-order valence-corrected chi connectivity index (χ4v) is 1.46. The highest BCUT2D eigenvalue weighted by atomic mass is 16.6. The van der Waals surface area contributed by atoms with Gasteiger partial charge in [-0.15, -0.1) is 0 Å². The van der Waals surface area contributed by atoms with Crippen LogP contribution in [0.1, 0.15) is 27.2 Å². The Kier molecular flexibility index (Phi) is 3.93. The lowest BCUT2D eigenvalue weighted by Gasteiger charge is -2.19. The Morgan fingerprint density at radius 2 is 2.20 bits per heavy atom. The maximum Gasteiger partial charge on any atom is 0.117 e. The predicted octanol–water partition coefficient (Wildman–Crippen LogP) is 1.76. The highest BCUT2D eigenvalue weighted by Crippen LogP contribution is 2.36. The third kappa shape index (κ3) is 3.30. The summed E-state index contributed by atoms with van der Waals surface area (Å²) in [4.78, 5) is 0. The van der Waals surface area contributed by atoms with E-state index in [4.69, 9.17) is 14.6 Å². The molecule has 88 valence electrons. The van der Waals surface area contributed by atoms with Gasteiger partial charge < -0.3 is 14.6 Å². The predicted molar refractivity (Wildman–Crippen MR) is 59.8 cm³/mol. The van der Waals surface area contributed by atoms with E-state index < -0.39 is 0 Å². The standard InChI is InChI=1S/C12H22O3/c1-10(12(8-13)9-15-12)6-5-7-11(2,3)14-4/h5,7,10,13H,6,8-9H2,1-4H3/b7-5+/t10-,12+/m0/s1. The molecule has 1 saturated heterocycles. The average Bonchev–Trinajstić information content (AvgIpc) is 2.98. The van der Waals surface area contributed by atoms with E-state index in [-0.39, 0.29) is 17.8 Å². The summed E-state index contributed by atoms with van der Waals surface area (Å²) >= 11 is 0. The van der Waals surface area contributed by atoms with Gasteiger partial charge in [0.05, 0.1) is 18.8 Å². The van der Waals surface area contributed by atoms with E-state index in [0.29, 0.717) is 12.5 Å². The zero-order valence-electron chi connectivity index (χ0n) is 10.1. The lowest BCUT2D eigenvalue weighted by atomic mass is 9.91. The molecule has 0 aromatic heterocycles. The molecule has 15 heavy (non-hydrogen) atoms. The molecular formula is C12H22O3. The minimum absolute atomic E-state index is 0.121. The molecule has 0 bridgehead atoms. The fraction of sp³-hybridized carbons (Fsp3) is 0.833. The van der Waals surface area contributed by atoms with Crippen LogP contribution < -0.4 is 0 Å². The maximum absolute atomic E-state index is 9.16. The number of methoxy groups -OCH3 is 1. The summed E-state index contributed by atoms with van der Waals surface area (Å²) in [7, 11) is 1.70. The molecule has 0 aliphatic carbocycles. The van der Waals surface area contributed by atoms with Gasteiger partial charge in [-0.05, 0) is 26.2 Å². The molecule has 1 aliphatic heterocycles. The molecule has 3 heteroatoms. The van der Waals surface area contributed by atoms with Crippen LogP contribution in [0.15, 0.2) is 12.2 Å². The topological polar surface area (TPSA) is 42.0 Å². The van der Waals surface area contributed by atoms with Crippen LogP contribution in [-0.4, -0.2) is 36.6 Å². The molecule has 0 aromatic carbocycles. The SMILES string of the molecule is COC(C)(C)/C=C/C[C@H](C)[C@@]1(CO)CO1. The Morgan fingerprint density at radius 1 is 1.60 bits per heavy atom. The van der Waals surface area contributed by atoms with Crippen molar-refractivity contribution in [2.75, 3.05) is 20.3 Å². The van der Waals surface area contributed by atoms with E-state index in [1.165, 1.54) is 0 Å². The van der Waals surface area contributed by atoms with Crippen molar-refractivity contribution in [1.82, 2.24) is 0 Å². The second-order valence-electron chi connectivity index (χ2n) is 4.86. The summed E-state index contributed by atoms with van der Waals surface area (Å²) in [6, 6.07) is 0. The van der Waals surface area contributed by atoms with Crippen molar-refractivity contribution in [3.63, 3.8) is 0 Å². The van der Waals surface area contributed by atoms with Gasteiger partial charge in [0.25, 0.3) is 0 Å².